The van der Waals surface area contributed by atoms with E-state index >= 15 is 0 Å². The summed E-state index contributed by atoms with van der Waals surface area (Å²) in [5.74, 6) is -1.43. The summed E-state index contributed by atoms with van der Waals surface area (Å²) in [7, 11) is 0. The molecule has 0 unspecified atom stereocenters. The number of halogens is 2. The minimum absolute atomic E-state index is 0.0683. The second-order valence-corrected chi connectivity index (χ2v) is 5.38. The molecule has 0 spiro atoms. The van der Waals surface area contributed by atoms with Crippen LogP contribution in [0.15, 0.2) is 53.3 Å². The summed E-state index contributed by atoms with van der Waals surface area (Å²) in [5, 5.41) is 9.82. The van der Waals surface area contributed by atoms with Crippen LogP contribution < -0.4 is 5.43 Å². The standard InChI is InChI=1S/C16H10FIO3/c17-11-7-4-10(5-8-11)6-9-14(19)12-2-1-3-13(18)16(21)15(12)20/h1-9H,(H,20,21)/b9-6-. The van der Waals surface area contributed by atoms with Gasteiger partial charge >= 0.3 is 0 Å². The molecule has 0 saturated heterocycles. The summed E-state index contributed by atoms with van der Waals surface area (Å²) in [4.78, 5) is 23.8. The Morgan fingerprint density at radius 1 is 1.14 bits per heavy atom. The molecule has 0 aliphatic heterocycles. The second-order valence-electron chi connectivity index (χ2n) is 4.21. The fourth-order valence-corrected chi connectivity index (χ4v) is 2.12. The van der Waals surface area contributed by atoms with Crippen LogP contribution in [0.3, 0.4) is 0 Å². The SMILES string of the molecule is O=C(/C=C\c1ccc(F)cc1)c1cccc(I)c(=O)c1O. The first kappa shape index (κ1) is 15.4. The zero-order valence-corrected chi connectivity index (χ0v) is 12.9. The van der Waals surface area contributed by atoms with Gasteiger partial charge in [0.25, 0.3) is 0 Å². The third kappa shape index (κ3) is 3.75. The van der Waals surface area contributed by atoms with E-state index in [2.05, 4.69) is 0 Å². The second kappa shape index (κ2) is 6.62. The van der Waals surface area contributed by atoms with Gasteiger partial charge in [0.15, 0.2) is 11.5 Å². The third-order valence-corrected chi connectivity index (χ3v) is 3.60. The van der Waals surface area contributed by atoms with Crippen molar-refractivity contribution in [2.45, 2.75) is 0 Å². The Hall–Kier alpha value is -2.02. The van der Waals surface area contributed by atoms with Crippen molar-refractivity contribution in [3.05, 3.63) is 79.3 Å². The molecule has 0 saturated carbocycles. The summed E-state index contributed by atoms with van der Waals surface area (Å²) in [6, 6.07) is 10.0. The predicted molar refractivity (Wildman–Crippen MR) is 86.9 cm³/mol. The number of rotatable bonds is 3. The Balaban J connectivity index is 2.34. The van der Waals surface area contributed by atoms with Crippen LogP contribution in [0.25, 0.3) is 6.08 Å². The van der Waals surface area contributed by atoms with Gasteiger partial charge in [-0.05, 0) is 58.5 Å². The van der Waals surface area contributed by atoms with Crippen molar-refractivity contribution >= 4 is 34.5 Å². The van der Waals surface area contributed by atoms with Crippen molar-refractivity contribution in [3.8, 4) is 5.75 Å². The molecule has 106 valence electrons. The van der Waals surface area contributed by atoms with Gasteiger partial charge in [-0.15, -0.1) is 0 Å². The van der Waals surface area contributed by atoms with Crippen LogP contribution >= 0.6 is 22.6 Å². The largest absolute Gasteiger partial charge is 0.504 e. The summed E-state index contributed by atoms with van der Waals surface area (Å²) in [6.07, 6.45) is 2.72. The number of ketones is 1. The van der Waals surface area contributed by atoms with E-state index < -0.39 is 17.0 Å². The highest BCUT2D eigenvalue weighted by atomic mass is 127. The van der Waals surface area contributed by atoms with E-state index in [0.29, 0.717) is 9.13 Å². The topological polar surface area (TPSA) is 54.4 Å². The van der Waals surface area contributed by atoms with Gasteiger partial charge in [0.1, 0.15) is 5.82 Å². The molecule has 0 fully saturated rings. The van der Waals surface area contributed by atoms with Gasteiger partial charge in [-0.2, -0.15) is 0 Å². The number of hydrogen-bond acceptors (Lipinski definition) is 3. The number of hydrogen-bond donors (Lipinski definition) is 1. The molecule has 0 radical (unpaired) electrons. The lowest BCUT2D eigenvalue weighted by molar-refractivity contribution is 0.104. The quantitative estimate of drug-likeness (QED) is 0.492. The van der Waals surface area contributed by atoms with Crippen molar-refractivity contribution in [1.29, 1.82) is 0 Å². The average molecular weight is 396 g/mol. The van der Waals surface area contributed by atoms with Gasteiger partial charge in [-0.25, -0.2) is 4.39 Å². The molecule has 3 nitrogen and oxygen atoms in total. The highest BCUT2D eigenvalue weighted by Gasteiger charge is 2.11. The molecule has 21 heavy (non-hydrogen) atoms. The first-order chi connectivity index (χ1) is 9.99. The van der Waals surface area contributed by atoms with Crippen LogP contribution in [-0.4, -0.2) is 10.9 Å². The molecule has 0 aliphatic rings. The average Bonchev–Trinajstić information content (AvgIpc) is 2.60. The van der Waals surface area contributed by atoms with E-state index in [4.69, 9.17) is 0 Å². The number of carbonyl (C=O) groups is 1. The van der Waals surface area contributed by atoms with Crippen molar-refractivity contribution in [2.24, 2.45) is 0 Å². The lowest BCUT2D eigenvalue weighted by Gasteiger charge is -1.96. The van der Waals surface area contributed by atoms with Crippen LogP contribution in [0.4, 0.5) is 4.39 Å². The number of aromatic hydroxyl groups is 1. The van der Waals surface area contributed by atoms with Crippen LogP contribution in [0.5, 0.6) is 5.75 Å². The molecule has 5 heteroatoms. The van der Waals surface area contributed by atoms with Crippen molar-refractivity contribution < 1.29 is 14.3 Å². The van der Waals surface area contributed by atoms with Crippen molar-refractivity contribution in [3.63, 3.8) is 0 Å². The van der Waals surface area contributed by atoms with E-state index in [-0.39, 0.29) is 11.4 Å². The zero-order chi connectivity index (χ0) is 15.4. The summed E-state index contributed by atoms with van der Waals surface area (Å²) in [6.45, 7) is 0. The molecule has 0 atom stereocenters. The predicted octanol–water partition coefficient (Wildman–Crippen LogP) is 3.39. The van der Waals surface area contributed by atoms with Gasteiger partial charge in [0.05, 0.1) is 9.13 Å². The molecule has 2 rings (SSSR count). The lowest BCUT2D eigenvalue weighted by Crippen LogP contribution is -2.04. The molecular formula is C16H10FIO3. The van der Waals surface area contributed by atoms with Gasteiger partial charge in [0, 0.05) is 0 Å². The fourth-order valence-electron chi connectivity index (χ4n) is 1.65. The maximum atomic E-state index is 12.8. The molecule has 2 aromatic rings. The minimum atomic E-state index is -0.584. The summed E-state index contributed by atoms with van der Waals surface area (Å²) >= 11 is 1.79. The van der Waals surface area contributed by atoms with Gasteiger partial charge in [-0.3, -0.25) is 9.59 Å². The minimum Gasteiger partial charge on any atom is -0.504 e. The molecule has 1 N–H and O–H groups in total. The van der Waals surface area contributed by atoms with Crippen LogP contribution in [0.2, 0.25) is 0 Å². The smallest absolute Gasteiger partial charge is 0.234 e. The maximum Gasteiger partial charge on any atom is 0.234 e. The van der Waals surface area contributed by atoms with Crippen LogP contribution in [0, 0.1) is 9.39 Å². The monoisotopic (exact) mass is 396 g/mol. The maximum absolute atomic E-state index is 12.8. The molecule has 0 aromatic heterocycles. The first-order valence-electron chi connectivity index (χ1n) is 5.99. The zero-order valence-electron chi connectivity index (χ0n) is 10.7. The Morgan fingerprint density at radius 3 is 2.48 bits per heavy atom. The molecule has 2 aromatic carbocycles. The Labute approximate surface area is 133 Å². The van der Waals surface area contributed by atoms with E-state index in [9.17, 15) is 19.1 Å². The Kier molecular flexibility index (Phi) is 4.85. The molecule has 0 bridgehead atoms. The van der Waals surface area contributed by atoms with Gasteiger partial charge in [0.2, 0.25) is 5.43 Å². The molecule has 0 aliphatic carbocycles. The first-order valence-corrected chi connectivity index (χ1v) is 7.06. The number of benzene rings is 1. The van der Waals surface area contributed by atoms with Crippen molar-refractivity contribution in [2.75, 3.05) is 0 Å². The molecular weight excluding hydrogens is 386 g/mol. The lowest BCUT2D eigenvalue weighted by atomic mass is 10.1. The number of carbonyl (C=O) groups excluding carboxylic acids is 1. The summed E-state index contributed by atoms with van der Waals surface area (Å²) in [5.41, 5.74) is -0.0121. The van der Waals surface area contributed by atoms with E-state index in [1.54, 1.807) is 22.6 Å². The molecule has 0 amide bonds. The van der Waals surface area contributed by atoms with Crippen LogP contribution in [-0.2, 0) is 0 Å². The van der Waals surface area contributed by atoms with Crippen LogP contribution in [0.1, 0.15) is 15.9 Å². The summed E-state index contributed by atoms with van der Waals surface area (Å²) < 4.78 is 13.1. The third-order valence-electron chi connectivity index (χ3n) is 2.76. The highest BCUT2D eigenvalue weighted by molar-refractivity contribution is 14.1. The Morgan fingerprint density at radius 2 is 1.81 bits per heavy atom. The molecule has 0 heterocycles. The van der Waals surface area contributed by atoms with Gasteiger partial charge in [-0.1, -0.05) is 24.3 Å². The van der Waals surface area contributed by atoms with Crippen molar-refractivity contribution in [1.82, 2.24) is 0 Å². The van der Waals surface area contributed by atoms with E-state index in [1.165, 1.54) is 54.6 Å². The normalized spacial score (nSPS) is 10.8. The van der Waals surface area contributed by atoms with E-state index in [1.807, 2.05) is 0 Å². The highest BCUT2D eigenvalue weighted by Crippen LogP contribution is 2.14. The Bertz CT molecular complexity index is 767. The number of allylic oxidation sites excluding steroid dienone is 1. The fraction of sp³-hybridized carbons (Fsp3) is 0. The van der Waals surface area contributed by atoms with E-state index in [0.717, 1.165) is 0 Å². The van der Waals surface area contributed by atoms with Gasteiger partial charge < -0.3 is 5.11 Å².